The van der Waals surface area contributed by atoms with Gasteiger partial charge in [-0.3, -0.25) is 4.90 Å². The first-order valence-electron chi connectivity index (χ1n) is 10.0. The van der Waals surface area contributed by atoms with Crippen LogP contribution in [0, 0.1) is 0 Å². The van der Waals surface area contributed by atoms with Crippen molar-refractivity contribution in [1.29, 1.82) is 0 Å². The van der Waals surface area contributed by atoms with E-state index < -0.39 is 11.7 Å². The molecule has 0 N–H and O–H groups in total. The van der Waals surface area contributed by atoms with Gasteiger partial charge in [0, 0.05) is 19.5 Å². The largest absolute Gasteiger partial charge is 0.443 e. The maximum Gasteiger partial charge on any atom is 0.415 e. The van der Waals surface area contributed by atoms with Crippen molar-refractivity contribution in [2.45, 2.75) is 32.9 Å². The Morgan fingerprint density at radius 2 is 1.84 bits per heavy atom. The molecule has 0 radical (unpaired) electrons. The van der Waals surface area contributed by atoms with Crippen LogP contribution in [0.25, 0.3) is 33.7 Å². The molecule has 0 saturated heterocycles. The first-order chi connectivity index (χ1) is 14.7. The van der Waals surface area contributed by atoms with Gasteiger partial charge in [0.05, 0.1) is 12.2 Å². The molecule has 2 aliphatic rings. The number of carbonyl (C=O) groups excluding carboxylic acids is 2. The second kappa shape index (κ2) is 7.54. The average molecular weight is 419 g/mol. The fourth-order valence-corrected chi connectivity index (χ4v) is 3.87. The number of fused-ring (bicyclic) bond motifs is 3. The summed E-state index contributed by atoms with van der Waals surface area (Å²) in [6.07, 6.45) is 1.85. The summed E-state index contributed by atoms with van der Waals surface area (Å²) in [5, 5.41) is 0.858. The van der Waals surface area contributed by atoms with Crippen molar-refractivity contribution in [1.82, 2.24) is 19.1 Å². The van der Waals surface area contributed by atoms with Gasteiger partial charge in [-0.15, -0.1) is 0 Å². The van der Waals surface area contributed by atoms with Gasteiger partial charge in [0.1, 0.15) is 41.1 Å². The highest BCUT2D eigenvalue weighted by Gasteiger charge is 2.30. The Labute approximate surface area is 180 Å². The lowest BCUT2D eigenvalue weighted by Gasteiger charge is -2.27. The lowest BCUT2D eigenvalue weighted by Crippen LogP contribution is -2.36. The van der Waals surface area contributed by atoms with Crippen molar-refractivity contribution in [2.75, 3.05) is 11.9 Å². The number of amides is 1. The number of imidazole rings is 1. The maximum absolute atomic E-state index is 12.8. The van der Waals surface area contributed by atoms with E-state index in [9.17, 15) is 9.59 Å². The minimum absolute atomic E-state index is 0.163. The molecule has 1 amide bonds. The van der Waals surface area contributed by atoms with E-state index in [-0.39, 0.29) is 6.54 Å². The Kier molecular flexibility index (Phi) is 5.00. The lowest BCUT2D eigenvalue weighted by molar-refractivity contribution is -0.108. The molecule has 0 aliphatic carbocycles. The molecule has 3 heterocycles. The summed E-state index contributed by atoms with van der Waals surface area (Å²) in [5.74, 6) is 0.541. The zero-order valence-corrected chi connectivity index (χ0v) is 18.3. The zero-order valence-electron chi connectivity index (χ0n) is 18.3. The monoisotopic (exact) mass is 419 g/mol. The summed E-state index contributed by atoms with van der Waals surface area (Å²) >= 11 is 0. The van der Waals surface area contributed by atoms with Crippen molar-refractivity contribution in [2.24, 2.45) is 7.05 Å². The van der Waals surface area contributed by atoms with Gasteiger partial charge in [-0.2, -0.15) is 0 Å². The van der Waals surface area contributed by atoms with Crippen LogP contribution < -0.4 is 4.90 Å². The van der Waals surface area contributed by atoms with Crippen LogP contribution in [0.2, 0.25) is 0 Å². The highest BCUT2D eigenvalue weighted by molar-refractivity contribution is 6.02. The quantitative estimate of drug-likeness (QED) is 0.465. The second-order valence-electron chi connectivity index (χ2n) is 8.40. The fraction of sp³-hybridized carbons (Fsp3) is 0.304. The van der Waals surface area contributed by atoms with E-state index in [0.29, 0.717) is 17.2 Å². The molecular weight excluding hydrogens is 394 g/mol. The van der Waals surface area contributed by atoms with E-state index in [1.165, 1.54) is 11.2 Å². The van der Waals surface area contributed by atoms with Crippen LogP contribution in [-0.4, -0.2) is 44.1 Å². The number of aromatic nitrogens is 4. The van der Waals surface area contributed by atoms with Crippen LogP contribution in [0.15, 0.2) is 42.7 Å². The molecule has 8 nitrogen and oxygen atoms in total. The number of aldehydes is 1. The smallest absolute Gasteiger partial charge is 0.415 e. The van der Waals surface area contributed by atoms with Crippen molar-refractivity contribution < 1.29 is 14.3 Å². The number of benzene rings is 1. The molecule has 0 spiro atoms. The van der Waals surface area contributed by atoms with Gasteiger partial charge in [0.2, 0.25) is 0 Å². The van der Waals surface area contributed by atoms with E-state index >= 15 is 0 Å². The van der Waals surface area contributed by atoms with Crippen molar-refractivity contribution in [3.05, 3.63) is 42.7 Å². The van der Waals surface area contributed by atoms with Crippen LogP contribution in [0.4, 0.5) is 10.6 Å². The molecule has 2 aromatic rings. The number of nitrogens with zero attached hydrogens (tertiary/aromatic N) is 5. The third-order valence-electron chi connectivity index (χ3n) is 5.08. The van der Waals surface area contributed by atoms with E-state index in [1.807, 2.05) is 73.4 Å². The first kappa shape index (κ1) is 20.6. The molecule has 31 heavy (non-hydrogen) atoms. The molecule has 160 valence electrons. The number of aryl methyl sites for hydroxylation is 1. The third-order valence-corrected chi connectivity index (χ3v) is 5.08. The topological polar surface area (TPSA) is 82.2 Å². The first-order valence-corrected chi connectivity index (χ1v) is 10.0. The lowest BCUT2D eigenvalue weighted by atomic mass is 10.1. The summed E-state index contributed by atoms with van der Waals surface area (Å²) in [6.45, 7) is 5.63. The standard InChI is InChI=1S/C23H25N5O3/c1-23(2,3)31-22(30)27(5)21-19-18(24-14-25-19)16-13-17(15-9-7-6-8-10-15)28(11-12-29)20(16)26(21)4/h6-10,12-14H,11H2,1-5H3. The highest BCUT2D eigenvalue weighted by atomic mass is 16.6. The molecule has 4 rings (SSSR count). The second-order valence-corrected chi connectivity index (χ2v) is 8.40. The van der Waals surface area contributed by atoms with E-state index in [1.54, 1.807) is 7.05 Å². The Morgan fingerprint density at radius 3 is 2.48 bits per heavy atom. The van der Waals surface area contributed by atoms with Gasteiger partial charge in [0.25, 0.3) is 0 Å². The molecule has 0 fully saturated rings. The maximum atomic E-state index is 12.8. The van der Waals surface area contributed by atoms with Crippen molar-refractivity contribution >= 4 is 29.2 Å². The fourth-order valence-electron chi connectivity index (χ4n) is 3.87. The SMILES string of the molecule is CN(C(=O)OC(C)(C)C)c1c2ncnc-2c2cc(-c3ccccc3)n(CC=O)c2n1C. The molecule has 0 saturated carbocycles. The van der Waals surface area contributed by atoms with Crippen LogP contribution >= 0.6 is 0 Å². The van der Waals surface area contributed by atoms with Gasteiger partial charge in [-0.25, -0.2) is 14.8 Å². The minimum atomic E-state index is -0.636. The van der Waals surface area contributed by atoms with Crippen LogP contribution in [0.3, 0.4) is 0 Å². The van der Waals surface area contributed by atoms with Crippen LogP contribution in [0.5, 0.6) is 0 Å². The van der Waals surface area contributed by atoms with Crippen molar-refractivity contribution in [3.8, 4) is 22.6 Å². The Bertz CT molecular complexity index is 1230. The van der Waals surface area contributed by atoms with E-state index in [0.717, 1.165) is 28.6 Å². The number of hydrogen-bond donors (Lipinski definition) is 0. The van der Waals surface area contributed by atoms with Gasteiger partial charge in [-0.05, 0) is 32.4 Å². The van der Waals surface area contributed by atoms with Crippen LogP contribution in [-0.2, 0) is 23.1 Å². The van der Waals surface area contributed by atoms with E-state index in [2.05, 4.69) is 9.97 Å². The summed E-state index contributed by atoms with van der Waals surface area (Å²) in [5.41, 5.74) is 3.26. The van der Waals surface area contributed by atoms with Gasteiger partial charge < -0.3 is 18.7 Å². The summed E-state index contributed by atoms with van der Waals surface area (Å²) in [7, 11) is 3.50. The predicted octanol–water partition coefficient (Wildman–Crippen LogP) is 4.11. The molecule has 0 atom stereocenters. The predicted molar refractivity (Wildman–Crippen MR) is 119 cm³/mol. The number of anilines is 1. The Balaban J connectivity index is 2.00. The third kappa shape index (κ3) is 3.54. The number of ether oxygens (including phenoxy) is 1. The number of hydrogen-bond acceptors (Lipinski definition) is 5. The van der Waals surface area contributed by atoms with Gasteiger partial charge in [-0.1, -0.05) is 30.3 Å². The number of rotatable bonds is 4. The molecule has 1 aromatic heterocycles. The minimum Gasteiger partial charge on any atom is -0.443 e. The average Bonchev–Trinajstić information content (AvgIpc) is 3.33. The normalized spacial score (nSPS) is 11.8. The molecular formula is C23H25N5O3. The highest BCUT2D eigenvalue weighted by Crippen LogP contribution is 2.40. The molecule has 1 aromatic carbocycles. The van der Waals surface area contributed by atoms with Crippen molar-refractivity contribution in [3.63, 3.8) is 0 Å². The number of carbonyl (C=O) groups is 2. The molecule has 0 bridgehead atoms. The molecule has 0 unspecified atom stereocenters. The molecule has 8 heteroatoms. The summed E-state index contributed by atoms with van der Waals surface area (Å²) < 4.78 is 9.36. The Morgan fingerprint density at radius 1 is 1.16 bits per heavy atom. The number of pyridine rings is 1. The zero-order chi connectivity index (χ0) is 22.3. The Hall–Kier alpha value is -3.68. The summed E-state index contributed by atoms with van der Waals surface area (Å²) in [6, 6.07) is 11.9. The van der Waals surface area contributed by atoms with Gasteiger partial charge in [0.15, 0.2) is 0 Å². The van der Waals surface area contributed by atoms with Crippen LogP contribution in [0.1, 0.15) is 20.8 Å². The summed E-state index contributed by atoms with van der Waals surface area (Å²) in [4.78, 5) is 34.7. The molecule has 2 aliphatic heterocycles. The van der Waals surface area contributed by atoms with E-state index in [4.69, 9.17) is 4.74 Å². The van der Waals surface area contributed by atoms with Gasteiger partial charge >= 0.3 is 6.09 Å².